The van der Waals surface area contributed by atoms with Crippen LogP contribution in [0.3, 0.4) is 0 Å². The topological polar surface area (TPSA) is 104 Å². The molecule has 1 unspecified atom stereocenters. The number of hydrogen-bond acceptors (Lipinski definition) is 6. The highest BCUT2D eigenvalue weighted by Crippen LogP contribution is 2.27. The third kappa shape index (κ3) is 6.03. The fourth-order valence-electron chi connectivity index (χ4n) is 3.11. The monoisotopic (exact) mass is 433 g/mol. The van der Waals surface area contributed by atoms with Gasteiger partial charge in [0, 0.05) is 32.4 Å². The molecule has 1 saturated heterocycles. The van der Waals surface area contributed by atoms with Gasteiger partial charge >= 0.3 is 12.5 Å². The number of carbonyl (C=O) groups is 1. The van der Waals surface area contributed by atoms with E-state index in [0.717, 1.165) is 12.1 Å². The van der Waals surface area contributed by atoms with Crippen molar-refractivity contribution in [1.82, 2.24) is 25.2 Å². The number of halogens is 4. The van der Waals surface area contributed by atoms with Crippen molar-refractivity contribution in [3.63, 3.8) is 0 Å². The van der Waals surface area contributed by atoms with Gasteiger partial charge in [-0.1, -0.05) is 11.3 Å². The molecular weight excluding hydrogens is 414 g/mol. The molecule has 2 aromatic rings. The first-order chi connectivity index (χ1) is 14.2. The maximum atomic E-state index is 14.0. The minimum Gasteiger partial charge on any atom is -0.465 e. The fraction of sp³-hybridized carbons (Fsp3) is 0.471. The molecular formula is C17H19F4N5O4. The lowest BCUT2D eigenvalue weighted by atomic mass is 10.1. The summed E-state index contributed by atoms with van der Waals surface area (Å²) in [6.45, 7) is 1.32. The van der Waals surface area contributed by atoms with Crippen molar-refractivity contribution in [2.75, 3.05) is 26.2 Å². The van der Waals surface area contributed by atoms with E-state index in [1.807, 2.05) is 4.90 Å². The second-order valence-electron chi connectivity index (χ2n) is 6.65. The van der Waals surface area contributed by atoms with E-state index in [2.05, 4.69) is 20.1 Å². The van der Waals surface area contributed by atoms with Crippen molar-refractivity contribution >= 4 is 6.09 Å². The molecule has 1 aliphatic rings. The van der Waals surface area contributed by atoms with Crippen LogP contribution in [0.25, 0.3) is 0 Å². The normalized spacial score (nSPS) is 17.9. The van der Waals surface area contributed by atoms with Gasteiger partial charge in [-0.3, -0.25) is 10.00 Å². The molecule has 30 heavy (non-hydrogen) atoms. The summed E-state index contributed by atoms with van der Waals surface area (Å²) in [6, 6.07) is 2.89. The number of nitrogens with one attached hydrogen (secondary N) is 1. The van der Waals surface area contributed by atoms with Crippen LogP contribution in [0.4, 0.5) is 22.4 Å². The Bertz CT molecular complexity index is 849. The summed E-state index contributed by atoms with van der Waals surface area (Å²) in [4.78, 5) is 14.5. The first-order valence-electron chi connectivity index (χ1n) is 8.90. The summed E-state index contributed by atoms with van der Waals surface area (Å²) in [5, 5.41) is 19.2. The molecule has 2 N–H and O–H groups in total. The predicted molar refractivity (Wildman–Crippen MR) is 92.9 cm³/mol. The lowest BCUT2D eigenvalue weighted by molar-refractivity contribution is -0.275. The second kappa shape index (κ2) is 9.26. The van der Waals surface area contributed by atoms with Crippen LogP contribution in [-0.2, 0) is 17.9 Å². The highest BCUT2D eigenvalue weighted by atomic mass is 19.4. The smallest absolute Gasteiger partial charge is 0.465 e. The van der Waals surface area contributed by atoms with Gasteiger partial charge < -0.3 is 19.5 Å². The van der Waals surface area contributed by atoms with Gasteiger partial charge in [0.2, 0.25) is 0 Å². The molecule has 1 aromatic heterocycles. The van der Waals surface area contributed by atoms with E-state index in [0.29, 0.717) is 17.8 Å². The number of nitrogens with zero attached hydrogens (tertiary/aromatic N) is 4. The van der Waals surface area contributed by atoms with Crippen LogP contribution < -0.4 is 4.74 Å². The Kier molecular flexibility index (Phi) is 6.72. The number of aromatic amines is 1. The Labute approximate surface area is 168 Å². The van der Waals surface area contributed by atoms with E-state index in [1.165, 1.54) is 11.0 Å². The van der Waals surface area contributed by atoms with Gasteiger partial charge in [0.1, 0.15) is 5.69 Å². The van der Waals surface area contributed by atoms with Gasteiger partial charge in [0.15, 0.2) is 11.6 Å². The summed E-state index contributed by atoms with van der Waals surface area (Å²) >= 11 is 0. The highest BCUT2D eigenvalue weighted by molar-refractivity contribution is 5.65. The maximum absolute atomic E-state index is 14.0. The van der Waals surface area contributed by atoms with E-state index in [4.69, 9.17) is 4.74 Å². The molecule has 13 heteroatoms. The first-order valence-corrected chi connectivity index (χ1v) is 8.90. The number of ether oxygens (including phenoxy) is 2. The second-order valence-corrected chi connectivity index (χ2v) is 6.65. The molecule has 1 aromatic carbocycles. The zero-order chi connectivity index (χ0) is 21.7. The van der Waals surface area contributed by atoms with E-state index >= 15 is 0 Å². The minimum atomic E-state index is -4.98. The number of carboxylic acid groups (broad SMARTS) is 1. The van der Waals surface area contributed by atoms with Crippen molar-refractivity contribution in [2.45, 2.75) is 25.6 Å². The molecule has 0 aliphatic carbocycles. The summed E-state index contributed by atoms with van der Waals surface area (Å²) in [6.07, 6.45) is -4.48. The molecule has 1 amide bonds. The van der Waals surface area contributed by atoms with Gasteiger partial charge in [0.05, 0.1) is 19.3 Å². The van der Waals surface area contributed by atoms with Crippen LogP contribution in [0.1, 0.15) is 11.3 Å². The van der Waals surface area contributed by atoms with Crippen LogP contribution in [0.5, 0.6) is 5.75 Å². The Morgan fingerprint density at radius 1 is 1.33 bits per heavy atom. The van der Waals surface area contributed by atoms with Gasteiger partial charge in [-0.25, -0.2) is 9.18 Å². The number of hydrogen-bond donors (Lipinski definition) is 2. The Morgan fingerprint density at radius 3 is 2.77 bits per heavy atom. The molecule has 0 bridgehead atoms. The quantitative estimate of drug-likeness (QED) is 0.646. The average molecular weight is 433 g/mol. The SMILES string of the molecule is O=C(O)N1CCN(Cc2ccc(OC(F)(F)F)c(F)c2)C(COCc2c[nH]nn2)C1. The molecule has 1 aliphatic heterocycles. The first kappa shape index (κ1) is 21.8. The fourth-order valence-corrected chi connectivity index (χ4v) is 3.11. The molecule has 2 heterocycles. The molecule has 0 spiro atoms. The molecule has 1 atom stereocenters. The van der Waals surface area contributed by atoms with Crippen molar-refractivity contribution in [1.29, 1.82) is 0 Å². The van der Waals surface area contributed by atoms with Crippen LogP contribution in [0.15, 0.2) is 24.4 Å². The maximum Gasteiger partial charge on any atom is 0.573 e. The van der Waals surface area contributed by atoms with E-state index < -0.39 is 24.0 Å². The molecule has 1 fully saturated rings. The molecule has 0 radical (unpaired) electrons. The number of alkyl halides is 3. The lowest BCUT2D eigenvalue weighted by Gasteiger charge is -2.40. The van der Waals surface area contributed by atoms with Crippen molar-refractivity contribution in [3.05, 3.63) is 41.5 Å². The summed E-state index contributed by atoms with van der Waals surface area (Å²) in [5.74, 6) is -2.04. The van der Waals surface area contributed by atoms with Crippen molar-refractivity contribution in [2.24, 2.45) is 0 Å². The summed E-state index contributed by atoms with van der Waals surface area (Å²) in [7, 11) is 0. The predicted octanol–water partition coefficient (Wildman–Crippen LogP) is 2.22. The number of H-pyrrole nitrogens is 1. The van der Waals surface area contributed by atoms with Crippen LogP contribution in [0.2, 0.25) is 0 Å². The minimum absolute atomic E-state index is 0.173. The third-order valence-corrected chi connectivity index (χ3v) is 4.51. The number of benzene rings is 1. The number of rotatable bonds is 7. The summed E-state index contributed by atoms with van der Waals surface area (Å²) < 4.78 is 60.1. The highest BCUT2D eigenvalue weighted by Gasteiger charge is 2.33. The van der Waals surface area contributed by atoms with Gasteiger partial charge in [0.25, 0.3) is 0 Å². The van der Waals surface area contributed by atoms with Crippen LogP contribution in [-0.4, -0.2) is 75.1 Å². The van der Waals surface area contributed by atoms with E-state index in [-0.39, 0.29) is 38.9 Å². The largest absolute Gasteiger partial charge is 0.573 e. The average Bonchev–Trinajstić information content (AvgIpc) is 3.17. The van der Waals surface area contributed by atoms with Crippen LogP contribution >= 0.6 is 0 Å². The molecule has 0 saturated carbocycles. The summed E-state index contributed by atoms with van der Waals surface area (Å²) in [5.41, 5.74) is 1.00. The number of aromatic nitrogens is 3. The third-order valence-electron chi connectivity index (χ3n) is 4.51. The number of piperazine rings is 1. The Hall–Kier alpha value is -2.93. The Balaban J connectivity index is 1.65. The Morgan fingerprint density at radius 2 is 2.13 bits per heavy atom. The zero-order valence-corrected chi connectivity index (χ0v) is 15.6. The van der Waals surface area contributed by atoms with Crippen molar-refractivity contribution in [3.8, 4) is 5.75 Å². The van der Waals surface area contributed by atoms with Gasteiger partial charge in [-0.2, -0.15) is 0 Å². The van der Waals surface area contributed by atoms with E-state index in [9.17, 15) is 27.5 Å². The molecule has 3 rings (SSSR count). The van der Waals surface area contributed by atoms with Gasteiger partial charge in [-0.15, -0.1) is 18.3 Å². The lowest BCUT2D eigenvalue weighted by Crippen LogP contribution is -2.55. The molecule has 164 valence electrons. The van der Waals surface area contributed by atoms with Crippen LogP contribution in [0, 0.1) is 5.82 Å². The number of amides is 1. The van der Waals surface area contributed by atoms with Crippen molar-refractivity contribution < 1.29 is 36.9 Å². The molecule has 9 nitrogen and oxygen atoms in total. The van der Waals surface area contributed by atoms with Gasteiger partial charge in [-0.05, 0) is 17.7 Å². The van der Waals surface area contributed by atoms with E-state index in [1.54, 1.807) is 6.20 Å². The zero-order valence-electron chi connectivity index (χ0n) is 15.6. The standard InChI is InChI=1S/C17H19F4N5O4/c18-14-5-11(1-2-15(14)30-17(19,20)21)7-25-3-4-26(16(27)28)8-13(25)10-29-9-12-6-22-24-23-12/h1-2,5-6,13H,3-4,7-10H2,(H,27,28)(H,22,23,24).